The van der Waals surface area contributed by atoms with Crippen LogP contribution in [0.1, 0.15) is 10.8 Å². The largest absolute Gasteiger partial charge is 0.467 e. The molecule has 24 heavy (non-hydrogen) atoms. The van der Waals surface area contributed by atoms with E-state index in [2.05, 4.69) is 20.9 Å². The van der Waals surface area contributed by atoms with Crippen LogP contribution in [0, 0.1) is 0 Å². The maximum atomic E-state index is 11.7. The van der Waals surface area contributed by atoms with E-state index in [4.69, 9.17) is 4.42 Å². The van der Waals surface area contributed by atoms with E-state index in [0.29, 0.717) is 18.8 Å². The number of rotatable bonds is 6. The minimum Gasteiger partial charge on any atom is -0.467 e. The molecular weight excluding hydrogens is 328 g/mol. The molecule has 3 rings (SSSR count). The van der Waals surface area contributed by atoms with E-state index in [9.17, 15) is 9.59 Å². The fraction of sp³-hybridized carbons (Fsp3) is 0.188. The number of nitrogens with zero attached hydrogens (tertiary/aromatic N) is 1. The van der Waals surface area contributed by atoms with Gasteiger partial charge >= 0.3 is 6.03 Å². The number of amides is 3. The van der Waals surface area contributed by atoms with Crippen LogP contribution in [0.15, 0.2) is 47.1 Å². The molecule has 0 spiro atoms. The average molecular weight is 344 g/mol. The average Bonchev–Trinajstić information content (AvgIpc) is 3.25. The van der Waals surface area contributed by atoms with Crippen LogP contribution < -0.4 is 16.0 Å². The molecule has 3 aromatic rings. The number of urea groups is 1. The highest BCUT2D eigenvalue weighted by Gasteiger charge is 2.08. The van der Waals surface area contributed by atoms with E-state index in [1.807, 2.05) is 24.3 Å². The summed E-state index contributed by atoms with van der Waals surface area (Å²) >= 11 is 1.53. The second kappa shape index (κ2) is 7.60. The van der Waals surface area contributed by atoms with Crippen molar-refractivity contribution in [1.82, 2.24) is 20.9 Å². The van der Waals surface area contributed by atoms with Crippen LogP contribution in [0.5, 0.6) is 0 Å². The van der Waals surface area contributed by atoms with Gasteiger partial charge in [-0.15, -0.1) is 11.3 Å². The van der Waals surface area contributed by atoms with E-state index in [0.717, 1.165) is 15.2 Å². The molecule has 7 nitrogen and oxygen atoms in total. The molecule has 124 valence electrons. The van der Waals surface area contributed by atoms with E-state index in [-0.39, 0.29) is 12.5 Å². The van der Waals surface area contributed by atoms with Crippen molar-refractivity contribution in [2.45, 2.75) is 13.1 Å². The number of aromatic nitrogens is 1. The summed E-state index contributed by atoms with van der Waals surface area (Å²) < 4.78 is 6.18. The monoisotopic (exact) mass is 344 g/mol. The van der Waals surface area contributed by atoms with Crippen molar-refractivity contribution in [3.63, 3.8) is 0 Å². The first-order valence-electron chi connectivity index (χ1n) is 7.36. The van der Waals surface area contributed by atoms with Gasteiger partial charge in [0, 0.05) is 0 Å². The third-order valence-corrected chi connectivity index (χ3v) is 4.22. The number of carbonyl (C=O) groups excluding carboxylic acids is 2. The maximum Gasteiger partial charge on any atom is 0.315 e. The Kier molecular flexibility index (Phi) is 5.07. The molecule has 0 saturated heterocycles. The van der Waals surface area contributed by atoms with Gasteiger partial charge in [-0.25, -0.2) is 9.78 Å². The van der Waals surface area contributed by atoms with Gasteiger partial charge in [0.2, 0.25) is 5.91 Å². The summed E-state index contributed by atoms with van der Waals surface area (Å²) in [6.45, 7) is 0.506. The molecule has 2 heterocycles. The predicted molar refractivity (Wildman–Crippen MR) is 90.4 cm³/mol. The third-order valence-electron chi connectivity index (χ3n) is 3.19. The fourth-order valence-corrected chi connectivity index (χ4v) is 2.94. The van der Waals surface area contributed by atoms with Crippen molar-refractivity contribution in [1.29, 1.82) is 0 Å². The van der Waals surface area contributed by atoms with Gasteiger partial charge in [-0.2, -0.15) is 0 Å². The number of nitrogens with one attached hydrogen (secondary N) is 3. The van der Waals surface area contributed by atoms with Gasteiger partial charge < -0.3 is 20.4 Å². The second-order valence-electron chi connectivity index (χ2n) is 4.97. The summed E-state index contributed by atoms with van der Waals surface area (Å²) in [4.78, 5) is 27.8. The Hall–Kier alpha value is -2.87. The van der Waals surface area contributed by atoms with Crippen molar-refractivity contribution >= 4 is 33.5 Å². The number of thiazole rings is 1. The Bertz CT molecular complexity index is 796. The molecule has 0 fully saturated rings. The summed E-state index contributed by atoms with van der Waals surface area (Å²) in [6.07, 6.45) is 1.54. The van der Waals surface area contributed by atoms with Crippen molar-refractivity contribution < 1.29 is 14.0 Å². The molecule has 0 aliphatic rings. The van der Waals surface area contributed by atoms with Crippen LogP contribution in [0.4, 0.5) is 4.79 Å². The van der Waals surface area contributed by atoms with Crippen LogP contribution >= 0.6 is 11.3 Å². The molecule has 0 radical (unpaired) electrons. The smallest absolute Gasteiger partial charge is 0.315 e. The lowest BCUT2D eigenvalue weighted by molar-refractivity contribution is -0.120. The standard InChI is InChI=1S/C16H16N4O3S/c21-14(17-8-11-4-3-7-23-11)9-18-16(22)19-10-15-20-12-5-1-2-6-13(12)24-15/h1-7H,8-10H2,(H,17,21)(H2,18,19,22). The molecule has 0 unspecified atom stereocenters. The first kappa shape index (κ1) is 16.0. The van der Waals surface area contributed by atoms with Crippen molar-refractivity contribution in [2.75, 3.05) is 6.54 Å². The third kappa shape index (κ3) is 4.32. The zero-order chi connectivity index (χ0) is 16.8. The fourth-order valence-electron chi connectivity index (χ4n) is 2.04. The van der Waals surface area contributed by atoms with Gasteiger partial charge in [-0.3, -0.25) is 4.79 Å². The Labute approximate surface area is 142 Å². The van der Waals surface area contributed by atoms with Crippen LogP contribution in [-0.4, -0.2) is 23.5 Å². The number of carbonyl (C=O) groups is 2. The van der Waals surface area contributed by atoms with E-state index in [1.54, 1.807) is 12.1 Å². The summed E-state index contributed by atoms with van der Waals surface area (Å²) in [6, 6.07) is 10.9. The molecule has 1 aromatic carbocycles. The normalized spacial score (nSPS) is 10.5. The van der Waals surface area contributed by atoms with Gasteiger partial charge in [0.1, 0.15) is 10.8 Å². The molecule has 0 aliphatic carbocycles. The van der Waals surface area contributed by atoms with Crippen LogP contribution in [0.3, 0.4) is 0 Å². The number of benzene rings is 1. The minimum atomic E-state index is -0.414. The predicted octanol–water partition coefficient (Wildman–Crippen LogP) is 2.00. The van der Waals surface area contributed by atoms with E-state index in [1.165, 1.54) is 17.6 Å². The molecule has 0 bridgehead atoms. The molecule has 0 saturated carbocycles. The SMILES string of the molecule is O=C(CNC(=O)NCc1nc2ccccc2s1)NCc1ccco1. The van der Waals surface area contributed by atoms with Crippen molar-refractivity contribution in [2.24, 2.45) is 0 Å². The van der Waals surface area contributed by atoms with Crippen LogP contribution in [0.25, 0.3) is 10.2 Å². The number of furan rings is 1. The van der Waals surface area contributed by atoms with Crippen molar-refractivity contribution in [3.05, 3.63) is 53.4 Å². The number of fused-ring (bicyclic) bond motifs is 1. The summed E-state index contributed by atoms with van der Waals surface area (Å²) in [5, 5.41) is 8.64. The Morgan fingerprint density at radius 1 is 1.04 bits per heavy atom. The number of hydrogen-bond acceptors (Lipinski definition) is 5. The van der Waals surface area contributed by atoms with Gasteiger partial charge in [0.25, 0.3) is 0 Å². The van der Waals surface area contributed by atoms with E-state index >= 15 is 0 Å². The highest BCUT2D eigenvalue weighted by atomic mass is 32.1. The number of hydrogen-bond donors (Lipinski definition) is 3. The highest BCUT2D eigenvalue weighted by molar-refractivity contribution is 7.18. The Morgan fingerprint density at radius 2 is 1.92 bits per heavy atom. The molecule has 2 aromatic heterocycles. The van der Waals surface area contributed by atoms with Gasteiger partial charge in [-0.1, -0.05) is 12.1 Å². The highest BCUT2D eigenvalue weighted by Crippen LogP contribution is 2.21. The lowest BCUT2D eigenvalue weighted by Gasteiger charge is -2.06. The van der Waals surface area contributed by atoms with Crippen LogP contribution in [-0.2, 0) is 17.9 Å². The van der Waals surface area contributed by atoms with Crippen molar-refractivity contribution in [3.8, 4) is 0 Å². The summed E-state index contributed by atoms with van der Waals surface area (Å²) in [5.74, 6) is 0.366. The van der Waals surface area contributed by atoms with E-state index < -0.39 is 6.03 Å². The van der Waals surface area contributed by atoms with Gasteiger partial charge in [-0.05, 0) is 24.3 Å². The zero-order valence-corrected chi connectivity index (χ0v) is 13.6. The lowest BCUT2D eigenvalue weighted by atomic mass is 10.3. The quantitative estimate of drug-likeness (QED) is 0.637. The Morgan fingerprint density at radius 3 is 2.71 bits per heavy atom. The molecule has 8 heteroatoms. The summed E-state index contributed by atoms with van der Waals surface area (Å²) in [7, 11) is 0. The van der Waals surface area contributed by atoms with Gasteiger partial charge in [0.15, 0.2) is 0 Å². The maximum absolute atomic E-state index is 11.7. The lowest BCUT2D eigenvalue weighted by Crippen LogP contribution is -2.41. The molecular formula is C16H16N4O3S. The first-order valence-corrected chi connectivity index (χ1v) is 8.17. The number of para-hydroxylation sites is 1. The topological polar surface area (TPSA) is 96.3 Å². The minimum absolute atomic E-state index is 0.105. The molecule has 0 atom stereocenters. The Balaban J connectivity index is 1.38. The molecule has 3 N–H and O–H groups in total. The van der Waals surface area contributed by atoms with Gasteiger partial charge in [0.05, 0.1) is 36.1 Å². The molecule has 3 amide bonds. The summed E-state index contributed by atoms with van der Waals surface area (Å²) in [5.41, 5.74) is 0.914. The zero-order valence-electron chi connectivity index (χ0n) is 12.7. The molecule has 0 aliphatic heterocycles. The first-order chi connectivity index (χ1) is 11.7. The van der Waals surface area contributed by atoms with Crippen LogP contribution in [0.2, 0.25) is 0 Å². The second-order valence-corrected chi connectivity index (χ2v) is 6.08.